The monoisotopic (exact) mass is 283 g/mol. The van der Waals surface area contributed by atoms with Crippen LogP contribution in [0, 0.1) is 6.92 Å². The Kier molecular flexibility index (Phi) is 4.04. The zero-order chi connectivity index (χ0) is 14.7. The van der Waals surface area contributed by atoms with Crippen LogP contribution in [0.25, 0.3) is 5.69 Å². The van der Waals surface area contributed by atoms with E-state index in [0.29, 0.717) is 11.7 Å². The summed E-state index contributed by atoms with van der Waals surface area (Å²) >= 11 is 0. The third-order valence-corrected chi connectivity index (χ3v) is 4.01. The van der Waals surface area contributed by atoms with E-state index in [4.69, 9.17) is 0 Å². The average Bonchev–Trinajstić information content (AvgIpc) is 2.91. The summed E-state index contributed by atoms with van der Waals surface area (Å²) in [7, 11) is 0. The van der Waals surface area contributed by atoms with Crippen LogP contribution in [0.15, 0.2) is 36.4 Å². The van der Waals surface area contributed by atoms with Crippen molar-refractivity contribution in [3.63, 3.8) is 0 Å². The van der Waals surface area contributed by atoms with Crippen molar-refractivity contribution >= 4 is 5.91 Å². The van der Waals surface area contributed by atoms with Crippen molar-refractivity contribution in [3.8, 4) is 5.69 Å². The first-order valence-corrected chi connectivity index (χ1v) is 7.67. The van der Waals surface area contributed by atoms with Gasteiger partial charge >= 0.3 is 0 Å². The third-order valence-electron chi connectivity index (χ3n) is 4.01. The zero-order valence-electron chi connectivity index (χ0n) is 12.4. The van der Waals surface area contributed by atoms with Gasteiger partial charge < -0.3 is 5.32 Å². The van der Waals surface area contributed by atoms with Gasteiger partial charge in [-0.15, -0.1) is 0 Å². The fourth-order valence-corrected chi connectivity index (χ4v) is 2.93. The van der Waals surface area contributed by atoms with Crippen LogP contribution in [0.3, 0.4) is 0 Å². The molecule has 4 heteroatoms. The molecule has 0 aliphatic heterocycles. The molecule has 0 atom stereocenters. The Bertz CT molecular complexity index is 612. The van der Waals surface area contributed by atoms with Crippen LogP contribution in [-0.2, 0) is 0 Å². The summed E-state index contributed by atoms with van der Waals surface area (Å²) in [6, 6.07) is 12.0. The largest absolute Gasteiger partial charge is 0.348 e. The Hall–Kier alpha value is -2.10. The van der Waals surface area contributed by atoms with Crippen LogP contribution in [0.4, 0.5) is 0 Å². The van der Waals surface area contributed by atoms with Crippen molar-refractivity contribution in [1.29, 1.82) is 0 Å². The van der Waals surface area contributed by atoms with Crippen LogP contribution < -0.4 is 5.32 Å². The Labute approximate surface area is 125 Å². The number of benzene rings is 1. The Morgan fingerprint density at radius 1 is 1.19 bits per heavy atom. The maximum atomic E-state index is 12.5. The maximum Gasteiger partial charge on any atom is 0.270 e. The van der Waals surface area contributed by atoms with Gasteiger partial charge in [0.1, 0.15) is 5.69 Å². The normalized spacial score (nSPS) is 15.9. The average molecular weight is 283 g/mol. The molecule has 1 aliphatic rings. The van der Waals surface area contributed by atoms with E-state index in [-0.39, 0.29) is 5.91 Å². The predicted octanol–water partition coefficient (Wildman–Crippen LogP) is 3.24. The highest BCUT2D eigenvalue weighted by atomic mass is 16.2. The minimum atomic E-state index is -0.0219. The van der Waals surface area contributed by atoms with Crippen molar-refractivity contribution < 1.29 is 4.79 Å². The van der Waals surface area contributed by atoms with Crippen molar-refractivity contribution in [2.45, 2.75) is 45.1 Å². The zero-order valence-corrected chi connectivity index (χ0v) is 12.4. The van der Waals surface area contributed by atoms with Gasteiger partial charge in [0.05, 0.1) is 11.4 Å². The van der Waals surface area contributed by atoms with Gasteiger partial charge in [-0.05, 0) is 38.0 Å². The predicted molar refractivity (Wildman–Crippen MR) is 82.6 cm³/mol. The summed E-state index contributed by atoms with van der Waals surface area (Å²) in [6.07, 6.45) is 5.88. The molecule has 1 amide bonds. The molecule has 2 aromatic rings. The molecule has 0 unspecified atom stereocenters. The molecule has 0 spiro atoms. The van der Waals surface area contributed by atoms with Gasteiger partial charge in [0, 0.05) is 6.04 Å². The SMILES string of the molecule is Cc1cc(C(=O)NC2CCCCC2)n(-c2ccccc2)n1. The molecule has 21 heavy (non-hydrogen) atoms. The Morgan fingerprint density at radius 3 is 2.62 bits per heavy atom. The molecule has 1 heterocycles. The van der Waals surface area contributed by atoms with Gasteiger partial charge in [0.15, 0.2) is 0 Å². The number of aromatic nitrogens is 2. The number of nitrogens with zero attached hydrogens (tertiary/aromatic N) is 2. The lowest BCUT2D eigenvalue weighted by atomic mass is 9.95. The van der Waals surface area contributed by atoms with Gasteiger partial charge in [0.2, 0.25) is 0 Å². The number of para-hydroxylation sites is 1. The van der Waals surface area contributed by atoms with Gasteiger partial charge in [-0.3, -0.25) is 4.79 Å². The highest BCUT2D eigenvalue weighted by Gasteiger charge is 2.20. The molecule has 1 saturated carbocycles. The molecular formula is C17H21N3O. The highest BCUT2D eigenvalue weighted by Crippen LogP contribution is 2.18. The van der Waals surface area contributed by atoms with Crippen molar-refractivity contribution in [3.05, 3.63) is 47.8 Å². The smallest absolute Gasteiger partial charge is 0.270 e. The topological polar surface area (TPSA) is 46.9 Å². The molecule has 0 saturated heterocycles. The van der Waals surface area contributed by atoms with Gasteiger partial charge in [-0.1, -0.05) is 37.5 Å². The number of rotatable bonds is 3. The van der Waals surface area contributed by atoms with Gasteiger partial charge in [0.25, 0.3) is 5.91 Å². The Balaban J connectivity index is 1.83. The molecular weight excluding hydrogens is 262 g/mol. The van der Waals surface area contributed by atoms with Crippen LogP contribution in [-0.4, -0.2) is 21.7 Å². The number of aryl methyl sites for hydroxylation is 1. The third kappa shape index (κ3) is 3.15. The molecule has 1 fully saturated rings. The van der Waals surface area contributed by atoms with Crippen LogP contribution >= 0.6 is 0 Å². The second-order valence-electron chi connectivity index (χ2n) is 5.73. The van der Waals surface area contributed by atoms with Crippen molar-refractivity contribution in [2.75, 3.05) is 0 Å². The van der Waals surface area contributed by atoms with E-state index < -0.39 is 0 Å². The minimum absolute atomic E-state index is 0.0219. The summed E-state index contributed by atoms with van der Waals surface area (Å²) in [5.74, 6) is -0.0219. The second-order valence-corrected chi connectivity index (χ2v) is 5.73. The van der Waals surface area contributed by atoms with Crippen LogP contribution in [0.2, 0.25) is 0 Å². The maximum absolute atomic E-state index is 12.5. The first-order chi connectivity index (χ1) is 10.2. The molecule has 1 aromatic heterocycles. The lowest BCUT2D eigenvalue weighted by Gasteiger charge is -2.22. The van der Waals surface area contributed by atoms with Crippen LogP contribution in [0.1, 0.15) is 48.3 Å². The number of amides is 1. The molecule has 0 bridgehead atoms. The van der Waals surface area contributed by atoms with E-state index in [1.165, 1.54) is 19.3 Å². The fraction of sp³-hybridized carbons (Fsp3) is 0.412. The molecule has 110 valence electrons. The van der Waals surface area contributed by atoms with E-state index in [1.807, 2.05) is 43.3 Å². The molecule has 1 N–H and O–H groups in total. The molecule has 0 radical (unpaired) electrons. The molecule has 3 rings (SSSR count). The van der Waals surface area contributed by atoms with E-state index >= 15 is 0 Å². The van der Waals surface area contributed by atoms with Gasteiger partial charge in [-0.25, -0.2) is 4.68 Å². The first-order valence-electron chi connectivity index (χ1n) is 7.67. The lowest BCUT2D eigenvalue weighted by Crippen LogP contribution is -2.37. The first kappa shape index (κ1) is 13.9. The standard InChI is InChI=1S/C17H21N3O/c1-13-12-16(17(21)18-14-8-4-2-5-9-14)20(19-13)15-10-6-3-7-11-15/h3,6-7,10-12,14H,2,4-5,8-9H2,1H3,(H,18,21). The summed E-state index contributed by atoms with van der Waals surface area (Å²) < 4.78 is 1.73. The quantitative estimate of drug-likeness (QED) is 0.940. The highest BCUT2D eigenvalue weighted by molar-refractivity contribution is 5.93. The summed E-state index contributed by atoms with van der Waals surface area (Å²) in [4.78, 5) is 12.5. The van der Waals surface area contributed by atoms with Crippen LogP contribution in [0.5, 0.6) is 0 Å². The number of hydrogen-bond acceptors (Lipinski definition) is 2. The van der Waals surface area contributed by atoms with Crippen molar-refractivity contribution in [2.24, 2.45) is 0 Å². The molecule has 4 nitrogen and oxygen atoms in total. The molecule has 1 aliphatic carbocycles. The Morgan fingerprint density at radius 2 is 1.90 bits per heavy atom. The summed E-state index contributed by atoms with van der Waals surface area (Å²) in [6.45, 7) is 1.91. The summed E-state index contributed by atoms with van der Waals surface area (Å²) in [5.41, 5.74) is 2.39. The molecule has 1 aromatic carbocycles. The number of carbonyl (C=O) groups excluding carboxylic acids is 1. The van der Waals surface area contributed by atoms with Gasteiger partial charge in [-0.2, -0.15) is 5.10 Å². The number of nitrogens with one attached hydrogen (secondary N) is 1. The second kappa shape index (κ2) is 6.12. The number of hydrogen-bond donors (Lipinski definition) is 1. The fourth-order valence-electron chi connectivity index (χ4n) is 2.93. The van der Waals surface area contributed by atoms with E-state index in [0.717, 1.165) is 24.2 Å². The van der Waals surface area contributed by atoms with E-state index in [9.17, 15) is 4.79 Å². The minimum Gasteiger partial charge on any atom is -0.348 e. The lowest BCUT2D eigenvalue weighted by molar-refractivity contribution is 0.0920. The van der Waals surface area contributed by atoms with E-state index in [2.05, 4.69) is 10.4 Å². The summed E-state index contributed by atoms with van der Waals surface area (Å²) in [5, 5.41) is 7.61. The van der Waals surface area contributed by atoms with Crippen molar-refractivity contribution in [1.82, 2.24) is 15.1 Å². The van der Waals surface area contributed by atoms with E-state index in [1.54, 1.807) is 4.68 Å². The number of carbonyl (C=O) groups is 1.